The fourth-order valence-corrected chi connectivity index (χ4v) is 5.80. The summed E-state index contributed by atoms with van der Waals surface area (Å²) in [7, 11) is 0. The third-order valence-corrected chi connectivity index (χ3v) is 7.87. The zero-order chi connectivity index (χ0) is 22.8. The molecule has 1 aromatic carbocycles. The summed E-state index contributed by atoms with van der Waals surface area (Å²) in [5.74, 6) is 1.78. The van der Waals surface area contributed by atoms with Gasteiger partial charge in [-0.15, -0.1) is 0 Å². The zero-order valence-electron chi connectivity index (χ0n) is 18.5. The Balaban J connectivity index is 1.50. The van der Waals surface area contributed by atoms with Crippen LogP contribution in [-0.2, 0) is 10.2 Å². The van der Waals surface area contributed by atoms with Gasteiger partial charge in [-0.2, -0.15) is 4.73 Å². The summed E-state index contributed by atoms with van der Waals surface area (Å²) in [5.41, 5.74) is 8.58. The van der Waals surface area contributed by atoms with E-state index in [0.717, 1.165) is 49.8 Å². The molecule has 0 spiro atoms. The maximum absolute atomic E-state index is 12.1. The maximum Gasteiger partial charge on any atom is 0.231 e. The van der Waals surface area contributed by atoms with E-state index in [1.807, 2.05) is 43.3 Å². The van der Waals surface area contributed by atoms with E-state index >= 15 is 0 Å². The van der Waals surface area contributed by atoms with Gasteiger partial charge in [-0.3, -0.25) is 9.78 Å². The summed E-state index contributed by atoms with van der Waals surface area (Å²) in [6.45, 7) is 2.11. The molecule has 0 atom stereocenters. The molecule has 8 heteroatoms. The monoisotopic (exact) mass is 446 g/mol. The van der Waals surface area contributed by atoms with Crippen LogP contribution in [0.5, 0.6) is 11.5 Å². The molecule has 0 unspecified atom stereocenters. The molecule has 3 heterocycles. The molecule has 3 N–H and O–H groups in total. The van der Waals surface area contributed by atoms with Gasteiger partial charge in [0.15, 0.2) is 17.3 Å². The third-order valence-electron chi connectivity index (χ3n) is 7.87. The van der Waals surface area contributed by atoms with Crippen LogP contribution in [0.4, 0.5) is 0 Å². The van der Waals surface area contributed by atoms with Crippen LogP contribution in [-0.4, -0.2) is 32.6 Å². The largest absolute Gasteiger partial charge is 0.454 e. The van der Waals surface area contributed by atoms with Crippen LogP contribution in [0.3, 0.4) is 0 Å². The van der Waals surface area contributed by atoms with Gasteiger partial charge in [-0.25, -0.2) is 4.98 Å². The predicted octanol–water partition coefficient (Wildman–Crippen LogP) is 3.96. The summed E-state index contributed by atoms with van der Waals surface area (Å²) < 4.78 is 12.3. The SMILES string of the molecule is Cc1cccc(-c2c(-c3ccc4c(c3)OCO4)nc(C34CCC(C(N)=O)(CC3)CC4)n2O)n1. The van der Waals surface area contributed by atoms with E-state index in [9.17, 15) is 10.0 Å². The fourth-order valence-electron chi connectivity index (χ4n) is 5.80. The lowest BCUT2D eigenvalue weighted by Crippen LogP contribution is -2.51. The molecular formula is C25H26N4O4. The number of hydrogen-bond donors (Lipinski definition) is 2. The highest BCUT2D eigenvalue weighted by Gasteiger charge is 2.54. The molecule has 3 saturated carbocycles. The smallest absolute Gasteiger partial charge is 0.231 e. The summed E-state index contributed by atoms with van der Waals surface area (Å²) in [5, 5.41) is 11.5. The lowest BCUT2D eigenvalue weighted by Gasteiger charge is -2.51. The number of carbonyl (C=O) groups excluding carboxylic acids is 1. The van der Waals surface area contributed by atoms with Crippen LogP contribution in [0.2, 0.25) is 0 Å². The molecule has 7 rings (SSSR count). The quantitative estimate of drug-likeness (QED) is 0.587. The van der Waals surface area contributed by atoms with Gasteiger partial charge in [0, 0.05) is 22.1 Å². The minimum atomic E-state index is -0.407. The highest BCUT2D eigenvalue weighted by Crippen LogP contribution is 2.58. The molecule has 3 aromatic rings. The van der Waals surface area contributed by atoms with E-state index in [0.29, 0.717) is 34.4 Å². The standard InChI is InChI=1S/C25H26N4O4/c1-15-3-2-4-17(27-15)21-20(16-5-6-18-19(13-16)33-14-32-18)28-23(29(21)31)25-10-7-24(8-11-25,9-12-25)22(26)30/h2-6,13,31H,7-12,14H2,1H3,(H2,26,30). The second-order valence-electron chi connectivity index (χ2n) is 9.60. The first-order chi connectivity index (χ1) is 15.9. The average molecular weight is 447 g/mol. The lowest BCUT2D eigenvalue weighted by atomic mass is 9.53. The number of pyridine rings is 1. The van der Waals surface area contributed by atoms with Gasteiger partial charge >= 0.3 is 0 Å². The van der Waals surface area contributed by atoms with E-state index in [2.05, 4.69) is 4.98 Å². The Morgan fingerprint density at radius 1 is 1.03 bits per heavy atom. The van der Waals surface area contributed by atoms with Crippen LogP contribution < -0.4 is 15.2 Å². The summed E-state index contributed by atoms with van der Waals surface area (Å²) in [6.07, 6.45) is 4.50. The first kappa shape index (κ1) is 20.1. The first-order valence-corrected chi connectivity index (χ1v) is 11.4. The van der Waals surface area contributed by atoms with Crippen LogP contribution in [0, 0.1) is 12.3 Å². The number of ether oxygens (including phenoxy) is 2. The number of amides is 1. The van der Waals surface area contributed by atoms with Crippen molar-refractivity contribution >= 4 is 5.91 Å². The highest BCUT2D eigenvalue weighted by atomic mass is 16.7. The molecule has 2 bridgehead atoms. The number of nitrogens with two attached hydrogens (primary N) is 1. The number of rotatable bonds is 4. The normalized spacial score (nSPS) is 25.4. The van der Waals surface area contributed by atoms with Crippen molar-refractivity contribution in [3.05, 3.63) is 47.9 Å². The third kappa shape index (κ3) is 2.93. The van der Waals surface area contributed by atoms with Gasteiger partial charge in [0.1, 0.15) is 11.4 Å². The predicted molar refractivity (Wildman–Crippen MR) is 120 cm³/mol. The van der Waals surface area contributed by atoms with E-state index in [1.165, 1.54) is 4.73 Å². The van der Waals surface area contributed by atoms with Gasteiger partial charge in [0.05, 0.1) is 5.69 Å². The zero-order valence-corrected chi connectivity index (χ0v) is 18.5. The number of primary amides is 1. The van der Waals surface area contributed by atoms with Crippen molar-refractivity contribution in [2.24, 2.45) is 11.1 Å². The Bertz CT molecular complexity index is 1260. The molecule has 0 saturated heterocycles. The highest BCUT2D eigenvalue weighted by molar-refractivity contribution is 5.82. The molecule has 0 radical (unpaired) electrons. The van der Waals surface area contributed by atoms with Crippen molar-refractivity contribution in [3.63, 3.8) is 0 Å². The topological polar surface area (TPSA) is 112 Å². The van der Waals surface area contributed by atoms with Gasteiger partial charge in [-0.05, 0) is 75.8 Å². The maximum atomic E-state index is 12.1. The van der Waals surface area contributed by atoms with Crippen molar-refractivity contribution in [2.75, 3.05) is 6.79 Å². The second kappa shape index (κ2) is 6.97. The lowest BCUT2D eigenvalue weighted by molar-refractivity contribution is -0.134. The molecular weight excluding hydrogens is 420 g/mol. The van der Waals surface area contributed by atoms with Crippen molar-refractivity contribution in [2.45, 2.75) is 50.9 Å². The molecule has 2 aromatic heterocycles. The van der Waals surface area contributed by atoms with E-state index < -0.39 is 5.41 Å². The number of fused-ring (bicyclic) bond motifs is 4. The van der Waals surface area contributed by atoms with Gasteiger partial charge in [0.2, 0.25) is 12.7 Å². The van der Waals surface area contributed by atoms with Crippen LogP contribution in [0.15, 0.2) is 36.4 Å². The minimum absolute atomic E-state index is 0.190. The molecule has 33 heavy (non-hydrogen) atoms. The molecule has 1 aliphatic heterocycles. The fraction of sp³-hybridized carbons (Fsp3) is 0.400. The molecule has 170 valence electrons. The molecule has 4 aliphatic rings. The van der Waals surface area contributed by atoms with Crippen LogP contribution in [0.1, 0.15) is 50.0 Å². The Morgan fingerprint density at radius 2 is 1.76 bits per heavy atom. The number of nitrogens with zero attached hydrogens (tertiary/aromatic N) is 3. The Labute approximate surface area is 191 Å². The number of aromatic nitrogens is 3. The number of carbonyl (C=O) groups is 1. The van der Waals surface area contributed by atoms with Crippen molar-refractivity contribution in [3.8, 4) is 34.1 Å². The summed E-state index contributed by atoms with van der Waals surface area (Å²) >= 11 is 0. The Hall–Kier alpha value is -3.55. The first-order valence-electron chi connectivity index (χ1n) is 11.4. The van der Waals surface area contributed by atoms with Gasteiger partial charge in [0.25, 0.3) is 0 Å². The van der Waals surface area contributed by atoms with E-state index in [-0.39, 0.29) is 18.1 Å². The van der Waals surface area contributed by atoms with Gasteiger partial charge in [-0.1, -0.05) is 6.07 Å². The Kier molecular flexibility index (Phi) is 4.24. The van der Waals surface area contributed by atoms with Crippen molar-refractivity contribution in [1.29, 1.82) is 0 Å². The summed E-state index contributed by atoms with van der Waals surface area (Å²) in [6, 6.07) is 11.4. The molecule has 1 amide bonds. The molecule has 3 fully saturated rings. The minimum Gasteiger partial charge on any atom is -0.454 e. The van der Waals surface area contributed by atoms with E-state index in [1.54, 1.807) is 0 Å². The van der Waals surface area contributed by atoms with Crippen LogP contribution in [0.25, 0.3) is 22.6 Å². The number of aryl methyl sites for hydroxylation is 1. The second-order valence-corrected chi connectivity index (χ2v) is 9.60. The van der Waals surface area contributed by atoms with Crippen molar-refractivity contribution < 1.29 is 19.5 Å². The van der Waals surface area contributed by atoms with Crippen molar-refractivity contribution in [1.82, 2.24) is 14.7 Å². The summed E-state index contributed by atoms with van der Waals surface area (Å²) in [4.78, 5) is 21.8. The van der Waals surface area contributed by atoms with Gasteiger partial charge < -0.3 is 20.4 Å². The van der Waals surface area contributed by atoms with E-state index in [4.69, 9.17) is 20.2 Å². The number of benzene rings is 1. The van der Waals surface area contributed by atoms with Crippen LogP contribution >= 0.6 is 0 Å². The molecule has 3 aliphatic carbocycles. The average Bonchev–Trinajstić information content (AvgIpc) is 3.44. The number of imidazole rings is 1. The molecule has 8 nitrogen and oxygen atoms in total. The Morgan fingerprint density at radius 3 is 2.45 bits per heavy atom. The number of hydrogen-bond acceptors (Lipinski definition) is 6.